The van der Waals surface area contributed by atoms with Gasteiger partial charge in [0.25, 0.3) is 0 Å². The Morgan fingerprint density at radius 2 is 2.00 bits per heavy atom. The van der Waals surface area contributed by atoms with E-state index in [9.17, 15) is 8.78 Å². The topological polar surface area (TPSA) is 25.2 Å². The normalized spacial score (nSPS) is 12.6. The Bertz CT molecular complexity index is 519. The Morgan fingerprint density at radius 3 is 2.53 bits per heavy atom. The van der Waals surface area contributed by atoms with Crippen LogP contribution in [-0.2, 0) is 0 Å². The van der Waals surface area contributed by atoms with Crippen LogP contribution in [0.1, 0.15) is 30.7 Å². The third-order valence-electron chi connectivity index (χ3n) is 2.76. The summed E-state index contributed by atoms with van der Waals surface area (Å²) >= 11 is 3.07. The smallest absolute Gasteiger partial charge is 0.132 e. The fourth-order valence-corrected chi connectivity index (χ4v) is 2.32. The Kier molecular flexibility index (Phi) is 4.71. The van der Waals surface area contributed by atoms with Crippen molar-refractivity contribution in [1.29, 1.82) is 0 Å². The first-order valence-electron chi connectivity index (χ1n) is 6.04. The molecule has 1 aromatic carbocycles. The number of rotatable bonds is 5. The highest BCUT2D eigenvalue weighted by atomic mass is 79.9. The standard InChI is InChI=1S/C14H14BrF2NO/c1-2-5-18-14(12-4-3-6-19-12)13-10(16)7-9(15)8-11(13)17/h3-4,6-8,14,18H,2,5H2,1H3. The highest BCUT2D eigenvalue weighted by molar-refractivity contribution is 9.10. The summed E-state index contributed by atoms with van der Waals surface area (Å²) in [6.45, 7) is 2.63. The Labute approximate surface area is 118 Å². The van der Waals surface area contributed by atoms with E-state index < -0.39 is 17.7 Å². The molecule has 1 aromatic heterocycles. The minimum atomic E-state index is -0.622. The van der Waals surface area contributed by atoms with Crippen LogP contribution in [0.4, 0.5) is 8.78 Å². The van der Waals surface area contributed by atoms with Gasteiger partial charge in [-0.2, -0.15) is 0 Å². The summed E-state index contributed by atoms with van der Waals surface area (Å²) in [5.74, 6) is -0.706. The molecule has 0 saturated heterocycles. The number of hydrogen-bond acceptors (Lipinski definition) is 2. The molecule has 0 bridgehead atoms. The summed E-state index contributed by atoms with van der Waals surface area (Å²) < 4.78 is 33.7. The molecule has 102 valence electrons. The first kappa shape index (κ1) is 14.2. The molecule has 1 atom stereocenters. The highest BCUT2D eigenvalue weighted by Crippen LogP contribution is 2.29. The maximum Gasteiger partial charge on any atom is 0.132 e. The minimum Gasteiger partial charge on any atom is -0.467 e. The summed E-state index contributed by atoms with van der Waals surface area (Å²) in [5.41, 5.74) is -0.0217. The minimum absolute atomic E-state index is 0.0217. The summed E-state index contributed by atoms with van der Waals surface area (Å²) in [6.07, 6.45) is 2.35. The average Bonchev–Trinajstić information content (AvgIpc) is 2.85. The quantitative estimate of drug-likeness (QED) is 0.878. The predicted molar refractivity (Wildman–Crippen MR) is 72.9 cm³/mol. The maximum absolute atomic E-state index is 14.0. The molecule has 0 aliphatic heterocycles. The SMILES string of the molecule is CCCNC(c1ccco1)c1c(F)cc(Br)cc1F. The first-order chi connectivity index (χ1) is 9.13. The maximum atomic E-state index is 14.0. The molecule has 0 fully saturated rings. The van der Waals surface area contributed by atoms with Crippen molar-refractivity contribution in [2.24, 2.45) is 0 Å². The lowest BCUT2D eigenvalue weighted by Crippen LogP contribution is -2.24. The second kappa shape index (κ2) is 6.30. The second-order valence-corrected chi connectivity index (χ2v) is 5.10. The van der Waals surface area contributed by atoms with Crippen LogP contribution in [0.5, 0.6) is 0 Å². The van der Waals surface area contributed by atoms with E-state index in [1.165, 1.54) is 18.4 Å². The Hall–Kier alpha value is -1.20. The molecule has 0 aliphatic rings. The first-order valence-corrected chi connectivity index (χ1v) is 6.84. The van der Waals surface area contributed by atoms with Gasteiger partial charge < -0.3 is 9.73 Å². The van der Waals surface area contributed by atoms with Crippen LogP contribution in [-0.4, -0.2) is 6.54 Å². The Balaban J connectivity index is 2.44. The van der Waals surface area contributed by atoms with Crippen molar-refractivity contribution in [2.45, 2.75) is 19.4 Å². The Morgan fingerprint density at radius 1 is 1.32 bits per heavy atom. The van der Waals surface area contributed by atoms with Crippen molar-refractivity contribution in [3.05, 3.63) is 58.0 Å². The fourth-order valence-electron chi connectivity index (χ4n) is 1.92. The third-order valence-corrected chi connectivity index (χ3v) is 3.22. The number of hydrogen-bond donors (Lipinski definition) is 1. The van der Waals surface area contributed by atoms with Crippen LogP contribution in [0.25, 0.3) is 0 Å². The van der Waals surface area contributed by atoms with Crippen LogP contribution in [0, 0.1) is 11.6 Å². The number of benzene rings is 1. The van der Waals surface area contributed by atoms with Crippen molar-refractivity contribution in [3.63, 3.8) is 0 Å². The van der Waals surface area contributed by atoms with Crippen molar-refractivity contribution in [3.8, 4) is 0 Å². The molecule has 0 saturated carbocycles. The molecular weight excluding hydrogens is 316 g/mol. The third kappa shape index (κ3) is 3.22. The van der Waals surface area contributed by atoms with Crippen LogP contribution in [0.15, 0.2) is 39.4 Å². The molecule has 2 nitrogen and oxygen atoms in total. The zero-order chi connectivity index (χ0) is 13.8. The molecule has 0 aliphatic carbocycles. The van der Waals surface area contributed by atoms with Gasteiger partial charge in [-0.1, -0.05) is 22.9 Å². The molecule has 0 spiro atoms. The lowest BCUT2D eigenvalue weighted by molar-refractivity contribution is 0.422. The van der Waals surface area contributed by atoms with Gasteiger partial charge in [-0.05, 0) is 37.2 Å². The van der Waals surface area contributed by atoms with Gasteiger partial charge in [-0.15, -0.1) is 0 Å². The number of furan rings is 1. The predicted octanol–water partition coefficient (Wildman–Crippen LogP) is 4.41. The highest BCUT2D eigenvalue weighted by Gasteiger charge is 2.24. The molecule has 0 amide bonds. The van der Waals surface area contributed by atoms with E-state index in [2.05, 4.69) is 21.2 Å². The van der Waals surface area contributed by atoms with Gasteiger partial charge in [0, 0.05) is 10.0 Å². The van der Waals surface area contributed by atoms with Crippen molar-refractivity contribution in [1.82, 2.24) is 5.32 Å². The van der Waals surface area contributed by atoms with Crippen LogP contribution in [0.3, 0.4) is 0 Å². The van der Waals surface area contributed by atoms with E-state index in [0.29, 0.717) is 16.8 Å². The summed E-state index contributed by atoms with van der Waals surface area (Å²) in [7, 11) is 0. The molecule has 2 rings (SSSR count). The number of nitrogens with one attached hydrogen (secondary N) is 1. The zero-order valence-electron chi connectivity index (χ0n) is 10.4. The molecule has 1 N–H and O–H groups in total. The van der Waals surface area contributed by atoms with Gasteiger partial charge in [0.15, 0.2) is 0 Å². The monoisotopic (exact) mass is 329 g/mol. The van der Waals surface area contributed by atoms with E-state index >= 15 is 0 Å². The fraction of sp³-hybridized carbons (Fsp3) is 0.286. The van der Waals surface area contributed by atoms with Crippen LogP contribution < -0.4 is 5.32 Å². The van der Waals surface area contributed by atoms with Gasteiger partial charge in [0.05, 0.1) is 12.3 Å². The van der Waals surface area contributed by atoms with Crippen LogP contribution in [0.2, 0.25) is 0 Å². The van der Waals surface area contributed by atoms with Gasteiger partial charge >= 0.3 is 0 Å². The van der Waals surface area contributed by atoms with Crippen molar-refractivity contribution >= 4 is 15.9 Å². The molecule has 5 heteroatoms. The lowest BCUT2D eigenvalue weighted by Gasteiger charge is -2.18. The average molecular weight is 330 g/mol. The molecule has 2 aromatic rings. The zero-order valence-corrected chi connectivity index (χ0v) is 12.0. The number of halogens is 3. The van der Waals surface area contributed by atoms with E-state index in [1.54, 1.807) is 12.1 Å². The second-order valence-electron chi connectivity index (χ2n) is 4.19. The lowest BCUT2D eigenvalue weighted by atomic mass is 10.0. The summed E-state index contributed by atoms with van der Waals surface area (Å²) in [4.78, 5) is 0. The molecule has 19 heavy (non-hydrogen) atoms. The molecule has 1 heterocycles. The molecule has 1 unspecified atom stereocenters. The van der Waals surface area contributed by atoms with Crippen LogP contribution >= 0.6 is 15.9 Å². The van der Waals surface area contributed by atoms with Gasteiger partial charge in [0.2, 0.25) is 0 Å². The van der Waals surface area contributed by atoms with Gasteiger partial charge in [0.1, 0.15) is 17.4 Å². The largest absolute Gasteiger partial charge is 0.467 e. The van der Waals surface area contributed by atoms with E-state index in [-0.39, 0.29) is 5.56 Å². The van der Waals surface area contributed by atoms with E-state index in [4.69, 9.17) is 4.42 Å². The molecular formula is C14H14BrF2NO. The van der Waals surface area contributed by atoms with Crippen molar-refractivity contribution in [2.75, 3.05) is 6.54 Å². The van der Waals surface area contributed by atoms with Gasteiger partial charge in [-0.3, -0.25) is 0 Å². The van der Waals surface area contributed by atoms with Gasteiger partial charge in [-0.25, -0.2) is 8.78 Å². The van der Waals surface area contributed by atoms with E-state index in [0.717, 1.165) is 6.42 Å². The summed E-state index contributed by atoms with van der Waals surface area (Å²) in [6, 6.07) is 5.28. The van der Waals surface area contributed by atoms with Crippen molar-refractivity contribution < 1.29 is 13.2 Å². The molecule has 0 radical (unpaired) electrons. The summed E-state index contributed by atoms with van der Waals surface area (Å²) in [5, 5.41) is 3.10. The van der Waals surface area contributed by atoms with E-state index in [1.807, 2.05) is 6.92 Å².